The summed E-state index contributed by atoms with van der Waals surface area (Å²) in [6.45, 7) is 2.46. The summed E-state index contributed by atoms with van der Waals surface area (Å²) in [6, 6.07) is 10.7. The standard InChI is InChI=1S/C14H15N3O2/c1-11(12-6-4-8-15-9-12)16-10-13-5-2-3-7-14(13)17(18)19/h2-9,11,16H,10H2,1H3/t11-/m0/s1. The fourth-order valence-corrected chi connectivity index (χ4v) is 1.85. The third kappa shape index (κ3) is 3.35. The Morgan fingerprint density at radius 3 is 2.79 bits per heavy atom. The van der Waals surface area contributed by atoms with Crippen LogP contribution in [0, 0.1) is 10.1 Å². The molecule has 0 aliphatic carbocycles. The molecule has 0 bridgehead atoms. The van der Waals surface area contributed by atoms with Gasteiger partial charge in [-0.05, 0) is 18.6 Å². The number of aromatic nitrogens is 1. The molecule has 2 aromatic rings. The Labute approximate surface area is 111 Å². The van der Waals surface area contributed by atoms with Gasteiger partial charge >= 0.3 is 0 Å². The average molecular weight is 257 g/mol. The van der Waals surface area contributed by atoms with Crippen LogP contribution in [0.3, 0.4) is 0 Å². The van der Waals surface area contributed by atoms with E-state index in [1.807, 2.05) is 19.1 Å². The molecule has 98 valence electrons. The van der Waals surface area contributed by atoms with E-state index in [9.17, 15) is 10.1 Å². The van der Waals surface area contributed by atoms with Crippen molar-refractivity contribution in [3.05, 3.63) is 70.0 Å². The molecular formula is C14H15N3O2. The minimum Gasteiger partial charge on any atom is -0.306 e. The van der Waals surface area contributed by atoms with Gasteiger partial charge in [0.25, 0.3) is 5.69 Å². The number of nitro groups is 1. The molecule has 0 saturated carbocycles. The number of hydrogen-bond acceptors (Lipinski definition) is 4. The Hall–Kier alpha value is -2.27. The zero-order chi connectivity index (χ0) is 13.7. The van der Waals surface area contributed by atoms with Gasteiger partial charge in [0.05, 0.1) is 4.92 Å². The topological polar surface area (TPSA) is 68.1 Å². The van der Waals surface area contributed by atoms with E-state index >= 15 is 0 Å². The predicted molar refractivity (Wildman–Crippen MR) is 72.6 cm³/mol. The van der Waals surface area contributed by atoms with Gasteiger partial charge in [0.15, 0.2) is 0 Å². The molecule has 0 saturated heterocycles. The highest BCUT2D eigenvalue weighted by molar-refractivity contribution is 5.39. The van der Waals surface area contributed by atoms with Crippen LogP contribution >= 0.6 is 0 Å². The van der Waals surface area contributed by atoms with Crippen molar-refractivity contribution in [2.75, 3.05) is 0 Å². The van der Waals surface area contributed by atoms with Crippen molar-refractivity contribution in [2.24, 2.45) is 0 Å². The number of nitrogens with zero attached hydrogens (tertiary/aromatic N) is 2. The van der Waals surface area contributed by atoms with E-state index in [1.165, 1.54) is 6.07 Å². The Balaban J connectivity index is 2.05. The van der Waals surface area contributed by atoms with Crippen LogP contribution in [0.1, 0.15) is 24.1 Å². The van der Waals surface area contributed by atoms with Crippen molar-refractivity contribution in [3.8, 4) is 0 Å². The van der Waals surface area contributed by atoms with E-state index < -0.39 is 0 Å². The summed E-state index contributed by atoms with van der Waals surface area (Å²) in [5.74, 6) is 0. The Kier molecular flexibility index (Phi) is 4.20. The summed E-state index contributed by atoms with van der Waals surface area (Å²) < 4.78 is 0. The minimum absolute atomic E-state index is 0.0912. The Morgan fingerprint density at radius 1 is 1.32 bits per heavy atom. The second-order valence-corrected chi connectivity index (χ2v) is 4.27. The highest BCUT2D eigenvalue weighted by Crippen LogP contribution is 2.19. The lowest BCUT2D eigenvalue weighted by Crippen LogP contribution is -2.18. The molecule has 0 spiro atoms. The Bertz CT molecular complexity index is 558. The van der Waals surface area contributed by atoms with Crippen molar-refractivity contribution >= 4 is 5.69 Å². The molecule has 0 aliphatic heterocycles. The maximum Gasteiger partial charge on any atom is 0.273 e. The van der Waals surface area contributed by atoms with Crippen LogP contribution in [0.5, 0.6) is 0 Å². The smallest absolute Gasteiger partial charge is 0.273 e. The lowest BCUT2D eigenvalue weighted by atomic mass is 10.1. The van der Waals surface area contributed by atoms with Crippen LogP contribution in [0.2, 0.25) is 0 Å². The summed E-state index contributed by atoms with van der Waals surface area (Å²) in [5, 5.41) is 14.2. The highest BCUT2D eigenvalue weighted by atomic mass is 16.6. The zero-order valence-corrected chi connectivity index (χ0v) is 10.6. The molecule has 1 atom stereocenters. The van der Waals surface area contributed by atoms with Crippen LogP contribution in [0.4, 0.5) is 5.69 Å². The molecule has 0 radical (unpaired) electrons. The maximum atomic E-state index is 10.9. The number of benzene rings is 1. The first-order valence-electron chi connectivity index (χ1n) is 6.04. The fourth-order valence-electron chi connectivity index (χ4n) is 1.85. The van der Waals surface area contributed by atoms with Gasteiger partial charge < -0.3 is 5.32 Å². The zero-order valence-electron chi connectivity index (χ0n) is 10.6. The van der Waals surface area contributed by atoms with Gasteiger partial charge in [-0.25, -0.2) is 0 Å². The highest BCUT2D eigenvalue weighted by Gasteiger charge is 2.13. The first kappa shape index (κ1) is 13.2. The lowest BCUT2D eigenvalue weighted by Gasteiger charge is -2.13. The number of nitrogens with one attached hydrogen (secondary N) is 1. The van der Waals surface area contributed by atoms with Crippen LogP contribution in [-0.4, -0.2) is 9.91 Å². The minimum atomic E-state index is -0.355. The van der Waals surface area contributed by atoms with E-state index in [1.54, 1.807) is 30.6 Å². The molecule has 1 N–H and O–H groups in total. The molecule has 0 aliphatic rings. The summed E-state index contributed by atoms with van der Waals surface area (Å²) in [5.41, 5.74) is 1.89. The number of nitro benzene ring substituents is 1. The monoisotopic (exact) mass is 257 g/mol. The molecule has 0 unspecified atom stereocenters. The van der Waals surface area contributed by atoms with Gasteiger partial charge in [-0.1, -0.05) is 24.3 Å². The first-order chi connectivity index (χ1) is 9.18. The van der Waals surface area contributed by atoms with Gasteiger partial charge in [0.2, 0.25) is 0 Å². The summed E-state index contributed by atoms with van der Waals surface area (Å²) in [4.78, 5) is 14.6. The summed E-state index contributed by atoms with van der Waals surface area (Å²) in [6.07, 6.45) is 3.51. The molecule has 19 heavy (non-hydrogen) atoms. The van der Waals surface area contributed by atoms with Crippen molar-refractivity contribution < 1.29 is 4.92 Å². The first-order valence-corrected chi connectivity index (χ1v) is 6.04. The van der Waals surface area contributed by atoms with E-state index in [4.69, 9.17) is 0 Å². The molecular weight excluding hydrogens is 242 g/mol. The van der Waals surface area contributed by atoms with Crippen molar-refractivity contribution in [3.63, 3.8) is 0 Å². The summed E-state index contributed by atoms with van der Waals surface area (Å²) >= 11 is 0. The van der Waals surface area contributed by atoms with Gasteiger partial charge in [-0.2, -0.15) is 0 Å². The molecule has 1 aromatic heterocycles. The summed E-state index contributed by atoms with van der Waals surface area (Å²) in [7, 11) is 0. The average Bonchev–Trinajstić information content (AvgIpc) is 2.46. The molecule has 0 amide bonds. The second kappa shape index (κ2) is 6.06. The SMILES string of the molecule is C[C@H](NCc1ccccc1[N+](=O)[O-])c1cccnc1. The van der Waals surface area contributed by atoms with Crippen LogP contribution in [-0.2, 0) is 6.54 Å². The van der Waals surface area contributed by atoms with Crippen LogP contribution in [0.15, 0.2) is 48.8 Å². The van der Waals surface area contributed by atoms with E-state index in [0.717, 1.165) is 5.56 Å². The van der Waals surface area contributed by atoms with Gasteiger partial charge in [0.1, 0.15) is 0 Å². The van der Waals surface area contributed by atoms with Gasteiger partial charge in [-0.15, -0.1) is 0 Å². The molecule has 1 aromatic carbocycles. The molecule has 0 fully saturated rings. The van der Waals surface area contributed by atoms with E-state index in [2.05, 4.69) is 10.3 Å². The third-order valence-corrected chi connectivity index (χ3v) is 2.97. The number of rotatable bonds is 5. The second-order valence-electron chi connectivity index (χ2n) is 4.27. The normalized spacial score (nSPS) is 12.1. The maximum absolute atomic E-state index is 10.9. The molecule has 5 nitrogen and oxygen atoms in total. The fraction of sp³-hybridized carbons (Fsp3) is 0.214. The Morgan fingerprint density at radius 2 is 2.11 bits per heavy atom. The van der Waals surface area contributed by atoms with E-state index in [0.29, 0.717) is 12.1 Å². The predicted octanol–water partition coefficient (Wildman–Crippen LogP) is 2.84. The van der Waals surface area contributed by atoms with Crippen molar-refractivity contribution in [1.82, 2.24) is 10.3 Å². The van der Waals surface area contributed by atoms with Crippen molar-refractivity contribution in [1.29, 1.82) is 0 Å². The van der Waals surface area contributed by atoms with Gasteiger partial charge in [0, 0.05) is 36.6 Å². The van der Waals surface area contributed by atoms with Gasteiger partial charge in [-0.3, -0.25) is 15.1 Å². The van der Waals surface area contributed by atoms with Crippen LogP contribution < -0.4 is 5.32 Å². The third-order valence-electron chi connectivity index (χ3n) is 2.97. The quantitative estimate of drug-likeness (QED) is 0.660. The molecule has 5 heteroatoms. The van der Waals surface area contributed by atoms with Crippen molar-refractivity contribution in [2.45, 2.75) is 19.5 Å². The van der Waals surface area contributed by atoms with E-state index in [-0.39, 0.29) is 16.7 Å². The largest absolute Gasteiger partial charge is 0.306 e. The molecule has 1 heterocycles. The lowest BCUT2D eigenvalue weighted by molar-refractivity contribution is -0.385. The number of pyridine rings is 1. The van der Waals surface area contributed by atoms with Crippen LogP contribution in [0.25, 0.3) is 0 Å². The number of para-hydroxylation sites is 1. The number of hydrogen-bond donors (Lipinski definition) is 1. The molecule has 2 rings (SSSR count).